The van der Waals surface area contributed by atoms with Gasteiger partial charge in [-0.05, 0) is 68.5 Å². The third-order valence-corrected chi connectivity index (χ3v) is 5.91. The van der Waals surface area contributed by atoms with Crippen LogP contribution in [0.3, 0.4) is 0 Å². The Balaban J connectivity index is 1.41. The highest BCUT2D eigenvalue weighted by molar-refractivity contribution is 5.92. The van der Waals surface area contributed by atoms with Crippen LogP contribution in [0.15, 0.2) is 42.5 Å². The number of hydrogen-bond donors (Lipinski definition) is 3. The monoisotopic (exact) mass is 511 g/mol. The number of ether oxygens (including phenoxy) is 2. The van der Waals surface area contributed by atoms with Crippen molar-refractivity contribution in [3.63, 3.8) is 0 Å². The Morgan fingerprint density at radius 1 is 1.00 bits per heavy atom. The average molecular weight is 512 g/mol. The topological polar surface area (TPSA) is 88.7 Å². The largest absolute Gasteiger partial charge is 0.573 e. The molecule has 1 aliphatic rings. The number of carbonyl (C=O) groups is 2. The second-order valence-electron chi connectivity index (χ2n) is 8.71. The summed E-state index contributed by atoms with van der Waals surface area (Å²) in [5.41, 5.74) is 0.703. The molecule has 0 aromatic heterocycles. The van der Waals surface area contributed by atoms with Gasteiger partial charge in [0.2, 0.25) is 5.91 Å². The van der Waals surface area contributed by atoms with Crippen LogP contribution in [0.4, 0.5) is 33.7 Å². The van der Waals surface area contributed by atoms with Crippen LogP contribution in [0.1, 0.15) is 46.0 Å². The van der Waals surface area contributed by atoms with Gasteiger partial charge in [-0.3, -0.25) is 4.79 Å². The first-order valence-electron chi connectivity index (χ1n) is 11.7. The highest BCUT2D eigenvalue weighted by atomic mass is 19.4. The summed E-state index contributed by atoms with van der Waals surface area (Å²) in [7, 11) is 0. The van der Waals surface area contributed by atoms with Gasteiger partial charge in [0, 0.05) is 29.4 Å². The maximum absolute atomic E-state index is 13.8. The highest BCUT2D eigenvalue weighted by Gasteiger charge is 2.32. The lowest BCUT2D eigenvalue weighted by molar-refractivity contribution is -0.275. The average Bonchev–Trinajstić information content (AvgIpc) is 2.82. The van der Waals surface area contributed by atoms with E-state index < -0.39 is 24.0 Å². The zero-order valence-electron chi connectivity index (χ0n) is 20.0. The van der Waals surface area contributed by atoms with Crippen molar-refractivity contribution in [2.45, 2.75) is 64.5 Å². The molecule has 0 spiro atoms. The first-order valence-corrected chi connectivity index (χ1v) is 11.7. The third kappa shape index (κ3) is 8.31. The van der Waals surface area contributed by atoms with E-state index in [2.05, 4.69) is 20.7 Å². The van der Waals surface area contributed by atoms with E-state index in [0.29, 0.717) is 37.1 Å². The number of amides is 3. The molecular weight excluding hydrogens is 482 g/mol. The van der Waals surface area contributed by atoms with E-state index in [1.807, 2.05) is 13.8 Å². The summed E-state index contributed by atoms with van der Waals surface area (Å²) in [4.78, 5) is 24.2. The number of benzene rings is 2. The van der Waals surface area contributed by atoms with E-state index in [9.17, 15) is 27.2 Å². The molecule has 3 N–H and O–H groups in total. The van der Waals surface area contributed by atoms with Crippen LogP contribution >= 0.6 is 0 Å². The van der Waals surface area contributed by atoms with Crippen molar-refractivity contribution in [1.82, 2.24) is 5.32 Å². The zero-order valence-corrected chi connectivity index (χ0v) is 20.0. The Hall–Kier alpha value is -3.50. The lowest BCUT2D eigenvalue weighted by Crippen LogP contribution is -2.41. The molecule has 0 heterocycles. The number of halogens is 4. The quantitative estimate of drug-likeness (QED) is 0.367. The minimum atomic E-state index is -5.01. The number of nitrogens with one attached hydrogen (secondary N) is 3. The summed E-state index contributed by atoms with van der Waals surface area (Å²) in [6.45, 7) is 3.83. The van der Waals surface area contributed by atoms with Gasteiger partial charge in [0.25, 0.3) is 0 Å². The van der Waals surface area contributed by atoms with Gasteiger partial charge < -0.3 is 25.4 Å². The number of anilines is 2. The number of carbonyl (C=O) groups excluding carboxylic acids is 2. The maximum atomic E-state index is 13.8. The van der Waals surface area contributed by atoms with Crippen molar-refractivity contribution in [1.29, 1.82) is 0 Å². The van der Waals surface area contributed by atoms with Crippen LogP contribution in [0.25, 0.3) is 0 Å². The van der Waals surface area contributed by atoms with Crippen LogP contribution in [-0.2, 0) is 4.79 Å². The molecule has 7 nitrogen and oxygen atoms in total. The van der Waals surface area contributed by atoms with E-state index in [-0.39, 0.29) is 29.7 Å². The standard InChI is InChI=1S/C25H29F4N3O4/c1-3-15(2)23(33)30-16-4-9-19(10-5-16)35-20-11-6-17(7-12-20)31-24(34)32-18-8-13-22(21(26)14-18)36-25(27,28)29/h4-5,8-10,13-15,17,20H,3,6-7,11-12H2,1-2H3,(H,30,33)(H2,31,32,34). The van der Waals surface area contributed by atoms with Crippen LogP contribution < -0.4 is 25.4 Å². The molecule has 0 bridgehead atoms. The highest BCUT2D eigenvalue weighted by Crippen LogP contribution is 2.28. The second-order valence-corrected chi connectivity index (χ2v) is 8.71. The molecule has 3 rings (SSSR count). The maximum Gasteiger partial charge on any atom is 0.573 e. The number of rotatable bonds is 8. The molecule has 1 unspecified atom stereocenters. The molecule has 0 aliphatic heterocycles. The molecular formula is C25H29F4N3O4. The fourth-order valence-electron chi connectivity index (χ4n) is 3.72. The summed E-state index contributed by atoms with van der Waals surface area (Å²) in [6.07, 6.45) is -1.54. The van der Waals surface area contributed by atoms with Gasteiger partial charge in [-0.25, -0.2) is 9.18 Å². The molecule has 0 saturated heterocycles. The number of hydrogen-bond acceptors (Lipinski definition) is 4. The predicted molar refractivity (Wildman–Crippen MR) is 126 cm³/mol. The van der Waals surface area contributed by atoms with Crippen LogP contribution in [0.5, 0.6) is 11.5 Å². The Labute approximate surface area is 206 Å². The smallest absolute Gasteiger partial charge is 0.490 e. The van der Waals surface area contributed by atoms with Gasteiger partial charge in [-0.15, -0.1) is 13.2 Å². The Bertz CT molecular complexity index is 1040. The predicted octanol–water partition coefficient (Wildman–Crippen LogP) is 6.22. The Morgan fingerprint density at radius 3 is 2.22 bits per heavy atom. The number of urea groups is 1. The molecule has 0 radical (unpaired) electrons. The molecule has 2 aromatic rings. The molecule has 1 atom stereocenters. The van der Waals surface area contributed by atoms with Crippen molar-refractivity contribution in [2.24, 2.45) is 5.92 Å². The van der Waals surface area contributed by atoms with Crippen molar-refractivity contribution in [3.8, 4) is 11.5 Å². The van der Waals surface area contributed by atoms with Crippen molar-refractivity contribution < 1.29 is 36.6 Å². The minimum Gasteiger partial charge on any atom is -0.490 e. The third-order valence-electron chi connectivity index (χ3n) is 5.91. The minimum absolute atomic E-state index is 0.000307. The fourth-order valence-corrected chi connectivity index (χ4v) is 3.72. The Morgan fingerprint density at radius 2 is 1.64 bits per heavy atom. The molecule has 196 valence electrons. The summed E-state index contributed by atoms with van der Waals surface area (Å²) in [5.74, 6) is -1.62. The van der Waals surface area contributed by atoms with Gasteiger partial charge in [0.1, 0.15) is 5.75 Å². The second kappa shape index (κ2) is 12.0. The van der Waals surface area contributed by atoms with Gasteiger partial charge in [-0.2, -0.15) is 0 Å². The summed E-state index contributed by atoms with van der Waals surface area (Å²) in [5, 5.41) is 8.06. The van der Waals surface area contributed by atoms with Crippen LogP contribution in [0.2, 0.25) is 0 Å². The molecule has 1 fully saturated rings. The van der Waals surface area contributed by atoms with Crippen molar-refractivity contribution in [3.05, 3.63) is 48.3 Å². The first-order chi connectivity index (χ1) is 17.0. The zero-order chi connectivity index (χ0) is 26.3. The van der Waals surface area contributed by atoms with E-state index in [1.165, 1.54) is 0 Å². The van der Waals surface area contributed by atoms with Crippen molar-refractivity contribution >= 4 is 23.3 Å². The molecule has 1 aliphatic carbocycles. The fraction of sp³-hybridized carbons (Fsp3) is 0.440. The van der Waals surface area contributed by atoms with E-state index >= 15 is 0 Å². The van der Waals surface area contributed by atoms with Gasteiger partial charge >= 0.3 is 12.4 Å². The molecule has 11 heteroatoms. The van der Waals surface area contributed by atoms with Crippen molar-refractivity contribution in [2.75, 3.05) is 10.6 Å². The van der Waals surface area contributed by atoms with Gasteiger partial charge in [0.15, 0.2) is 11.6 Å². The summed E-state index contributed by atoms with van der Waals surface area (Å²) < 4.78 is 60.1. The van der Waals surface area contributed by atoms with Crippen LogP contribution in [-0.4, -0.2) is 30.4 Å². The van der Waals surface area contributed by atoms with E-state index in [1.54, 1.807) is 24.3 Å². The Kier molecular flexibility index (Phi) is 9.00. The van der Waals surface area contributed by atoms with Crippen LogP contribution in [0, 0.1) is 11.7 Å². The molecule has 1 saturated carbocycles. The van der Waals surface area contributed by atoms with Gasteiger partial charge in [0.05, 0.1) is 6.10 Å². The number of alkyl halides is 3. The molecule has 3 amide bonds. The summed E-state index contributed by atoms with van der Waals surface area (Å²) in [6, 6.07) is 9.14. The lowest BCUT2D eigenvalue weighted by atomic mass is 9.93. The SMILES string of the molecule is CCC(C)C(=O)Nc1ccc(OC2CCC(NC(=O)Nc3ccc(OC(F)(F)F)c(F)c3)CC2)cc1. The van der Waals surface area contributed by atoms with E-state index in [4.69, 9.17) is 4.74 Å². The summed E-state index contributed by atoms with van der Waals surface area (Å²) >= 11 is 0. The molecule has 36 heavy (non-hydrogen) atoms. The lowest BCUT2D eigenvalue weighted by Gasteiger charge is -2.29. The van der Waals surface area contributed by atoms with Gasteiger partial charge in [-0.1, -0.05) is 13.8 Å². The van der Waals surface area contributed by atoms with E-state index in [0.717, 1.165) is 24.6 Å². The molecule has 2 aromatic carbocycles. The normalized spacial score (nSPS) is 18.6. The first kappa shape index (κ1) is 27.1.